The Morgan fingerprint density at radius 1 is 1.12 bits per heavy atom. The normalized spacial score (nSPS) is 17.4. The van der Waals surface area contributed by atoms with Crippen LogP contribution in [0.1, 0.15) is 73.7 Å². The molecule has 0 amide bonds. The molecule has 1 aliphatic carbocycles. The molecule has 4 rings (SSSR count). The number of rotatable bonds is 2. The SMILES string of the molecule is CCN1c2cc(C)c(/C=C3/C(C)=C(C#N)c4nc(N)c(C#N)c(C)c43)cc2C(C)=CC1(C)C. The Labute approximate surface area is 196 Å². The van der Waals surface area contributed by atoms with Gasteiger partial charge in [0, 0.05) is 23.4 Å². The minimum atomic E-state index is -0.0416. The van der Waals surface area contributed by atoms with Crippen LogP contribution < -0.4 is 10.6 Å². The van der Waals surface area contributed by atoms with Crippen LogP contribution in [0.3, 0.4) is 0 Å². The second-order valence-corrected chi connectivity index (χ2v) is 9.45. The summed E-state index contributed by atoms with van der Waals surface area (Å²) in [5.74, 6) is 0.170. The van der Waals surface area contributed by atoms with Crippen LogP contribution in [-0.2, 0) is 0 Å². The fourth-order valence-corrected chi connectivity index (χ4v) is 5.33. The number of hydrogen-bond acceptors (Lipinski definition) is 5. The van der Waals surface area contributed by atoms with Crippen molar-refractivity contribution in [3.05, 3.63) is 62.9 Å². The number of likely N-dealkylation sites (N-methyl/N-ethyl adjacent to an activating group) is 1. The van der Waals surface area contributed by atoms with Crippen LogP contribution in [0.15, 0.2) is 23.8 Å². The highest BCUT2D eigenvalue weighted by atomic mass is 15.2. The Morgan fingerprint density at radius 3 is 2.42 bits per heavy atom. The molecular formula is C28H29N5. The molecule has 0 fully saturated rings. The number of nitriles is 2. The van der Waals surface area contributed by atoms with Crippen molar-refractivity contribution < 1.29 is 0 Å². The molecule has 2 heterocycles. The number of benzene rings is 1. The lowest BCUT2D eigenvalue weighted by molar-refractivity contribution is 0.566. The summed E-state index contributed by atoms with van der Waals surface area (Å²) in [5, 5.41) is 19.4. The van der Waals surface area contributed by atoms with E-state index in [1.54, 1.807) is 0 Å². The Morgan fingerprint density at radius 2 is 1.82 bits per heavy atom. The molecule has 2 N–H and O–H groups in total. The number of aryl methyl sites for hydroxylation is 1. The van der Waals surface area contributed by atoms with Crippen LogP contribution in [0.2, 0.25) is 0 Å². The van der Waals surface area contributed by atoms with E-state index in [-0.39, 0.29) is 11.4 Å². The van der Waals surface area contributed by atoms with Gasteiger partial charge in [-0.15, -0.1) is 0 Å². The molecule has 5 heteroatoms. The smallest absolute Gasteiger partial charge is 0.142 e. The topological polar surface area (TPSA) is 89.7 Å². The zero-order chi connectivity index (χ0) is 24.2. The Hall–Kier alpha value is -3.83. The van der Waals surface area contributed by atoms with Gasteiger partial charge in [0.2, 0.25) is 0 Å². The first-order chi connectivity index (χ1) is 15.5. The van der Waals surface area contributed by atoms with Gasteiger partial charge in [0.05, 0.1) is 22.4 Å². The fraction of sp³-hybridized carbons (Fsp3) is 0.321. The van der Waals surface area contributed by atoms with Crippen molar-refractivity contribution in [2.24, 2.45) is 0 Å². The average Bonchev–Trinajstić information content (AvgIpc) is 2.99. The van der Waals surface area contributed by atoms with Gasteiger partial charge >= 0.3 is 0 Å². The Kier molecular flexibility index (Phi) is 5.18. The molecule has 0 unspecified atom stereocenters. The van der Waals surface area contributed by atoms with Crippen LogP contribution in [0.25, 0.3) is 22.8 Å². The van der Waals surface area contributed by atoms with E-state index < -0.39 is 0 Å². The minimum absolute atomic E-state index is 0.0416. The average molecular weight is 436 g/mol. The second kappa shape index (κ2) is 7.64. The maximum absolute atomic E-state index is 9.83. The number of hydrogen-bond donors (Lipinski definition) is 1. The number of aromatic nitrogens is 1. The zero-order valence-corrected chi connectivity index (χ0v) is 20.4. The van der Waals surface area contributed by atoms with E-state index in [4.69, 9.17) is 5.73 Å². The molecule has 0 saturated carbocycles. The van der Waals surface area contributed by atoms with E-state index in [2.05, 4.69) is 80.9 Å². The lowest BCUT2D eigenvalue weighted by atomic mass is 9.86. The largest absolute Gasteiger partial charge is 0.383 e. The third-order valence-electron chi connectivity index (χ3n) is 6.97. The summed E-state index contributed by atoms with van der Waals surface area (Å²) in [5.41, 5.74) is 16.8. The van der Waals surface area contributed by atoms with Gasteiger partial charge < -0.3 is 10.6 Å². The number of anilines is 2. The third kappa shape index (κ3) is 3.24. The Bertz CT molecular complexity index is 1390. The molecule has 0 radical (unpaired) electrons. The van der Waals surface area contributed by atoms with Gasteiger partial charge in [-0.2, -0.15) is 10.5 Å². The van der Waals surface area contributed by atoms with Gasteiger partial charge in [0.25, 0.3) is 0 Å². The summed E-state index contributed by atoms with van der Waals surface area (Å²) in [7, 11) is 0. The molecule has 0 saturated heterocycles. The van der Waals surface area contributed by atoms with Crippen molar-refractivity contribution in [3.8, 4) is 12.1 Å². The van der Waals surface area contributed by atoms with Crippen LogP contribution >= 0.6 is 0 Å². The van der Waals surface area contributed by atoms with Crippen molar-refractivity contribution in [1.29, 1.82) is 10.5 Å². The first kappa shape index (κ1) is 22.4. The molecule has 33 heavy (non-hydrogen) atoms. The zero-order valence-electron chi connectivity index (χ0n) is 20.4. The minimum Gasteiger partial charge on any atom is -0.383 e. The molecule has 2 aliphatic rings. The predicted molar refractivity (Wildman–Crippen MR) is 136 cm³/mol. The van der Waals surface area contributed by atoms with E-state index in [9.17, 15) is 10.5 Å². The van der Waals surface area contributed by atoms with Crippen LogP contribution in [-0.4, -0.2) is 17.1 Å². The maximum Gasteiger partial charge on any atom is 0.142 e. The third-order valence-corrected chi connectivity index (χ3v) is 6.97. The predicted octanol–water partition coefficient (Wildman–Crippen LogP) is 6.03. The molecule has 0 bridgehead atoms. The van der Waals surface area contributed by atoms with E-state index >= 15 is 0 Å². The van der Waals surface area contributed by atoms with Crippen molar-refractivity contribution in [1.82, 2.24) is 4.98 Å². The van der Waals surface area contributed by atoms with Crippen molar-refractivity contribution in [2.45, 2.75) is 54.0 Å². The molecule has 0 spiro atoms. The van der Waals surface area contributed by atoms with Crippen LogP contribution in [0.5, 0.6) is 0 Å². The summed E-state index contributed by atoms with van der Waals surface area (Å²) in [6.45, 7) is 15.7. The highest BCUT2D eigenvalue weighted by Crippen LogP contribution is 2.45. The standard InChI is InChI=1S/C28H29N5/c1-8-33-24-9-15(2)19(10-20(24)16(3)12-28(33,6)7)11-21-17(4)22(13-29)26-25(21)18(5)23(14-30)27(31)32-26/h9-12H,8H2,1-7H3,(H2,31,32)/b21-11-. The summed E-state index contributed by atoms with van der Waals surface area (Å²) >= 11 is 0. The summed E-state index contributed by atoms with van der Waals surface area (Å²) in [6, 6.07) is 8.97. The number of allylic oxidation sites excluding steroid dienone is 4. The van der Waals surface area contributed by atoms with Crippen LogP contribution in [0, 0.1) is 36.5 Å². The van der Waals surface area contributed by atoms with Gasteiger partial charge in [0.15, 0.2) is 0 Å². The number of pyridine rings is 1. The van der Waals surface area contributed by atoms with E-state index in [0.717, 1.165) is 39.9 Å². The van der Waals surface area contributed by atoms with E-state index in [1.165, 1.54) is 16.8 Å². The molecule has 1 aromatic carbocycles. The fourth-order valence-electron chi connectivity index (χ4n) is 5.33. The highest BCUT2D eigenvalue weighted by molar-refractivity contribution is 6.09. The lowest BCUT2D eigenvalue weighted by Gasteiger charge is -2.43. The van der Waals surface area contributed by atoms with E-state index in [1.807, 2.05) is 13.8 Å². The van der Waals surface area contributed by atoms with Gasteiger partial charge in [0.1, 0.15) is 18.0 Å². The molecule has 2 aromatic rings. The van der Waals surface area contributed by atoms with Gasteiger partial charge in [-0.3, -0.25) is 0 Å². The first-order valence-corrected chi connectivity index (χ1v) is 11.2. The van der Waals surface area contributed by atoms with Crippen molar-refractivity contribution in [3.63, 3.8) is 0 Å². The van der Waals surface area contributed by atoms with Crippen LogP contribution in [0.4, 0.5) is 11.5 Å². The Balaban J connectivity index is 1.98. The molecule has 1 aromatic heterocycles. The van der Waals surface area contributed by atoms with Gasteiger partial charge in [-0.1, -0.05) is 6.08 Å². The van der Waals surface area contributed by atoms with Gasteiger partial charge in [-0.05, 0) is 100 Å². The van der Waals surface area contributed by atoms with E-state index in [0.29, 0.717) is 16.8 Å². The number of nitrogens with zero attached hydrogens (tertiary/aromatic N) is 4. The van der Waals surface area contributed by atoms with Crippen molar-refractivity contribution >= 4 is 34.3 Å². The molecule has 0 atom stereocenters. The molecule has 1 aliphatic heterocycles. The lowest BCUT2D eigenvalue weighted by Crippen LogP contribution is -2.44. The summed E-state index contributed by atoms with van der Waals surface area (Å²) in [6.07, 6.45) is 4.45. The maximum atomic E-state index is 9.83. The number of nitrogens with two attached hydrogens (primary N) is 1. The highest BCUT2D eigenvalue weighted by Gasteiger charge is 2.32. The second-order valence-electron chi connectivity index (χ2n) is 9.45. The van der Waals surface area contributed by atoms with Gasteiger partial charge in [-0.25, -0.2) is 4.98 Å². The monoisotopic (exact) mass is 435 g/mol. The summed E-state index contributed by atoms with van der Waals surface area (Å²) in [4.78, 5) is 6.87. The number of nitrogen functional groups attached to an aromatic ring is 1. The van der Waals surface area contributed by atoms with Crippen molar-refractivity contribution in [2.75, 3.05) is 17.2 Å². The summed E-state index contributed by atoms with van der Waals surface area (Å²) < 4.78 is 0. The first-order valence-electron chi connectivity index (χ1n) is 11.2. The molecule has 166 valence electrons. The number of fused-ring (bicyclic) bond motifs is 2. The quantitative estimate of drug-likeness (QED) is 0.622. The molecular weight excluding hydrogens is 406 g/mol. The molecule has 5 nitrogen and oxygen atoms in total.